The van der Waals surface area contributed by atoms with Gasteiger partial charge in [0.25, 0.3) is 0 Å². The number of nitrogens with one attached hydrogen (secondary N) is 2. The van der Waals surface area contributed by atoms with Gasteiger partial charge in [0.1, 0.15) is 17.6 Å². The van der Waals surface area contributed by atoms with Gasteiger partial charge in [0.05, 0.1) is 46.1 Å². The summed E-state index contributed by atoms with van der Waals surface area (Å²) in [6.07, 6.45) is 3.33. The van der Waals surface area contributed by atoms with Crippen LogP contribution >= 0.6 is 23.2 Å². The molecule has 1 amide bonds. The van der Waals surface area contributed by atoms with Crippen molar-refractivity contribution in [3.8, 4) is 6.07 Å². The molecule has 1 aliphatic rings. The average molecular weight is 582 g/mol. The zero-order chi connectivity index (χ0) is 28.2. The van der Waals surface area contributed by atoms with Crippen LogP contribution in [0.2, 0.25) is 10.0 Å². The van der Waals surface area contributed by atoms with E-state index in [9.17, 15) is 14.4 Å². The molecule has 2 aromatic heterocycles. The molecular formula is C27H26Cl2FN9O. The lowest BCUT2D eigenvalue weighted by Gasteiger charge is -2.34. The minimum absolute atomic E-state index is 0.0362. The molecule has 206 valence electrons. The van der Waals surface area contributed by atoms with E-state index < -0.39 is 5.82 Å². The number of aromatic nitrogens is 4. The molecule has 2 aromatic carbocycles. The zero-order valence-electron chi connectivity index (χ0n) is 21.7. The van der Waals surface area contributed by atoms with E-state index >= 15 is 0 Å². The van der Waals surface area contributed by atoms with E-state index in [-0.39, 0.29) is 10.9 Å². The lowest BCUT2D eigenvalue weighted by molar-refractivity contribution is -0.130. The highest BCUT2D eigenvalue weighted by Crippen LogP contribution is 2.35. The third-order valence-corrected chi connectivity index (χ3v) is 7.33. The minimum Gasteiger partial charge on any atom is -0.379 e. The van der Waals surface area contributed by atoms with Gasteiger partial charge in [-0.2, -0.15) is 5.26 Å². The van der Waals surface area contributed by atoms with E-state index in [1.165, 1.54) is 24.4 Å². The highest BCUT2D eigenvalue weighted by Gasteiger charge is 2.18. The highest BCUT2D eigenvalue weighted by molar-refractivity contribution is 6.36. The fraction of sp³-hybridized carbons (Fsp3) is 0.296. The Morgan fingerprint density at radius 1 is 1.10 bits per heavy atom. The molecule has 0 bridgehead atoms. The molecule has 1 aliphatic heterocycles. The molecule has 0 saturated carbocycles. The van der Waals surface area contributed by atoms with Gasteiger partial charge in [-0.25, -0.2) is 4.39 Å². The Bertz CT molecular complexity index is 1600. The molecule has 0 atom stereocenters. The van der Waals surface area contributed by atoms with Crippen molar-refractivity contribution in [2.45, 2.75) is 20.0 Å². The van der Waals surface area contributed by atoms with Gasteiger partial charge in [-0.1, -0.05) is 28.4 Å². The second-order valence-electron chi connectivity index (χ2n) is 9.44. The summed E-state index contributed by atoms with van der Waals surface area (Å²) < 4.78 is 15.5. The maximum atomic E-state index is 13.7. The largest absolute Gasteiger partial charge is 0.379 e. The first kappa shape index (κ1) is 27.6. The molecule has 1 saturated heterocycles. The van der Waals surface area contributed by atoms with E-state index in [1.54, 1.807) is 17.7 Å². The molecule has 1 fully saturated rings. The van der Waals surface area contributed by atoms with Crippen LogP contribution in [0.3, 0.4) is 0 Å². The van der Waals surface area contributed by atoms with E-state index in [0.29, 0.717) is 51.6 Å². The first-order valence-electron chi connectivity index (χ1n) is 12.7. The smallest absolute Gasteiger partial charge is 0.219 e. The number of hydrogen-bond acceptors (Lipinski definition) is 8. The molecule has 0 unspecified atom stereocenters. The van der Waals surface area contributed by atoms with Gasteiger partial charge in [-0.15, -0.1) is 5.10 Å². The van der Waals surface area contributed by atoms with Crippen LogP contribution in [0.4, 0.5) is 21.5 Å². The van der Waals surface area contributed by atoms with Crippen molar-refractivity contribution in [2.24, 2.45) is 0 Å². The molecule has 0 spiro atoms. The molecule has 0 radical (unpaired) electrons. The van der Waals surface area contributed by atoms with Crippen molar-refractivity contribution in [1.29, 1.82) is 5.26 Å². The lowest BCUT2D eigenvalue weighted by Crippen LogP contribution is -2.48. The van der Waals surface area contributed by atoms with Gasteiger partial charge in [0, 0.05) is 62.6 Å². The van der Waals surface area contributed by atoms with E-state index in [2.05, 4.69) is 36.9 Å². The van der Waals surface area contributed by atoms with E-state index in [1.807, 2.05) is 17.2 Å². The molecule has 4 aromatic rings. The van der Waals surface area contributed by atoms with Crippen molar-refractivity contribution in [2.75, 3.05) is 43.4 Å². The quantitative estimate of drug-likeness (QED) is 0.308. The Kier molecular flexibility index (Phi) is 8.30. The number of piperazine rings is 1. The predicted molar refractivity (Wildman–Crippen MR) is 152 cm³/mol. The summed E-state index contributed by atoms with van der Waals surface area (Å²) in [7, 11) is 0. The fourth-order valence-corrected chi connectivity index (χ4v) is 5.00. The van der Waals surface area contributed by atoms with Crippen molar-refractivity contribution >= 4 is 57.1 Å². The molecule has 2 N–H and O–H groups in total. The molecule has 13 heteroatoms. The summed E-state index contributed by atoms with van der Waals surface area (Å²) in [5, 5.41) is 25.7. The number of rotatable bonds is 8. The number of halogens is 3. The van der Waals surface area contributed by atoms with Crippen LogP contribution in [0.1, 0.15) is 18.2 Å². The Hall–Kier alpha value is -3.98. The van der Waals surface area contributed by atoms with Crippen LogP contribution in [0, 0.1) is 17.1 Å². The SMILES string of the molecule is CC(=O)N1CCN(CCn2cc(CNc3cc(Cl)c4ncc(C#N)c(Nc5ccc(F)c(Cl)c5)c4c3)nn2)CC1. The second-order valence-corrected chi connectivity index (χ2v) is 10.3. The standard InChI is InChI=1S/C27H26Cl2FN9O/c1-17(40)38-7-4-37(5-8-38)6-9-39-16-21(35-36-39)15-32-20-10-22-26(34-19-2-3-25(30)23(28)11-19)18(13-31)14-33-27(22)24(29)12-20/h2-3,10-12,14,16,32H,4-9,15H2,1H3,(H,33,34). The summed E-state index contributed by atoms with van der Waals surface area (Å²) in [5.41, 5.74) is 3.26. The van der Waals surface area contributed by atoms with E-state index in [0.717, 1.165) is 38.4 Å². The van der Waals surface area contributed by atoms with Crippen LogP contribution in [0.25, 0.3) is 10.9 Å². The minimum atomic E-state index is -0.536. The number of nitrogens with zero attached hydrogens (tertiary/aromatic N) is 7. The second kappa shape index (κ2) is 12.0. The molecule has 40 heavy (non-hydrogen) atoms. The first-order chi connectivity index (χ1) is 19.3. The molecular weight excluding hydrogens is 556 g/mol. The maximum Gasteiger partial charge on any atom is 0.219 e. The maximum absolute atomic E-state index is 13.7. The monoisotopic (exact) mass is 581 g/mol. The van der Waals surface area contributed by atoms with Crippen LogP contribution < -0.4 is 10.6 Å². The number of benzene rings is 2. The predicted octanol–water partition coefficient (Wildman–Crippen LogP) is 4.66. The van der Waals surface area contributed by atoms with Gasteiger partial charge < -0.3 is 15.5 Å². The van der Waals surface area contributed by atoms with E-state index in [4.69, 9.17) is 23.2 Å². The number of carbonyl (C=O) groups is 1. The molecule has 10 nitrogen and oxygen atoms in total. The third-order valence-electron chi connectivity index (χ3n) is 6.76. The topological polar surface area (TPSA) is 115 Å². The summed E-state index contributed by atoms with van der Waals surface area (Å²) in [6, 6.07) is 9.97. The number of amides is 1. The number of pyridine rings is 1. The van der Waals surface area contributed by atoms with Gasteiger partial charge in [-0.3, -0.25) is 19.4 Å². The Balaban J connectivity index is 1.27. The number of fused-ring (bicyclic) bond motifs is 1. The van der Waals surface area contributed by atoms with Gasteiger partial charge in [-0.05, 0) is 30.3 Å². The summed E-state index contributed by atoms with van der Waals surface area (Å²) in [5.74, 6) is -0.418. The van der Waals surface area contributed by atoms with Crippen molar-refractivity contribution in [1.82, 2.24) is 29.8 Å². The highest BCUT2D eigenvalue weighted by atomic mass is 35.5. The van der Waals surface area contributed by atoms with Gasteiger partial charge in [0.2, 0.25) is 5.91 Å². The van der Waals surface area contributed by atoms with Crippen LogP contribution in [0.15, 0.2) is 42.7 Å². The van der Waals surface area contributed by atoms with Crippen LogP contribution in [-0.4, -0.2) is 68.4 Å². The molecule has 3 heterocycles. The number of carbonyl (C=O) groups excluding carboxylic acids is 1. The average Bonchev–Trinajstić information content (AvgIpc) is 3.41. The van der Waals surface area contributed by atoms with Gasteiger partial charge >= 0.3 is 0 Å². The summed E-state index contributed by atoms with van der Waals surface area (Å²) in [6.45, 7) is 6.71. The number of hydrogen-bond donors (Lipinski definition) is 2. The third kappa shape index (κ3) is 6.25. The van der Waals surface area contributed by atoms with Crippen molar-refractivity contribution < 1.29 is 9.18 Å². The fourth-order valence-electron chi connectivity index (χ4n) is 4.55. The lowest BCUT2D eigenvalue weighted by atomic mass is 10.1. The molecule has 5 rings (SSSR count). The van der Waals surface area contributed by atoms with Crippen molar-refractivity contribution in [3.63, 3.8) is 0 Å². The zero-order valence-corrected chi connectivity index (χ0v) is 23.2. The Morgan fingerprint density at radius 3 is 2.60 bits per heavy atom. The van der Waals surface area contributed by atoms with Crippen molar-refractivity contribution in [3.05, 3.63) is 69.8 Å². The van der Waals surface area contributed by atoms with Crippen LogP contribution in [0.5, 0.6) is 0 Å². The Labute approximate surface area is 240 Å². The summed E-state index contributed by atoms with van der Waals surface area (Å²) >= 11 is 12.5. The molecule has 0 aliphatic carbocycles. The number of anilines is 3. The summed E-state index contributed by atoms with van der Waals surface area (Å²) in [4.78, 5) is 20.1. The number of nitriles is 1. The first-order valence-corrected chi connectivity index (χ1v) is 13.4. The van der Waals surface area contributed by atoms with Gasteiger partial charge in [0.15, 0.2) is 0 Å². The normalized spacial score (nSPS) is 13.8. The Morgan fingerprint density at radius 2 is 1.88 bits per heavy atom. The van der Waals surface area contributed by atoms with Crippen LogP contribution in [-0.2, 0) is 17.9 Å².